The van der Waals surface area contributed by atoms with Crippen LogP contribution in [0.1, 0.15) is 18.4 Å². The van der Waals surface area contributed by atoms with Gasteiger partial charge in [0.15, 0.2) is 0 Å². The maximum atomic E-state index is 13.0. The maximum Gasteiger partial charge on any atom is 0.235 e. The summed E-state index contributed by atoms with van der Waals surface area (Å²) in [5, 5.41) is 2.89. The summed E-state index contributed by atoms with van der Waals surface area (Å²) in [4.78, 5) is 13.3. The Kier molecular flexibility index (Phi) is 3.83. The number of carbonyl (C=O) groups excluding carboxylic acids is 1. The Morgan fingerprint density at radius 2 is 1.86 bits per heavy atom. The summed E-state index contributed by atoms with van der Waals surface area (Å²) in [5.41, 5.74) is 0.905. The second kappa shape index (κ2) is 5.65. The smallest absolute Gasteiger partial charge is 0.235 e. The van der Waals surface area contributed by atoms with Gasteiger partial charge in [-0.25, -0.2) is 4.39 Å². The first-order valence-corrected chi connectivity index (χ1v) is 8.58. The molecule has 3 nitrogen and oxygen atoms in total. The number of carbonyl (C=O) groups is 1. The van der Waals surface area contributed by atoms with E-state index in [1.807, 2.05) is 0 Å². The van der Waals surface area contributed by atoms with Crippen LogP contribution >= 0.6 is 0 Å². The van der Waals surface area contributed by atoms with Crippen molar-refractivity contribution in [2.24, 2.45) is 0 Å². The van der Waals surface area contributed by atoms with Crippen LogP contribution in [0.3, 0.4) is 0 Å². The van der Waals surface area contributed by atoms with Crippen molar-refractivity contribution in [1.29, 1.82) is 0 Å². The summed E-state index contributed by atoms with van der Waals surface area (Å²) in [6.07, 6.45) is 3.11. The van der Waals surface area contributed by atoms with Crippen LogP contribution in [0.5, 0.6) is 0 Å². The first-order valence-electron chi connectivity index (χ1n) is 7.02. The van der Waals surface area contributed by atoms with Gasteiger partial charge in [-0.3, -0.25) is 9.00 Å². The molecule has 2 aromatic rings. The summed E-state index contributed by atoms with van der Waals surface area (Å²) < 4.78 is 24.5. The van der Waals surface area contributed by atoms with Gasteiger partial charge in [0.05, 0.1) is 5.41 Å². The van der Waals surface area contributed by atoms with Crippen LogP contribution in [-0.4, -0.2) is 16.4 Å². The van der Waals surface area contributed by atoms with Crippen molar-refractivity contribution in [3.63, 3.8) is 0 Å². The summed E-state index contributed by atoms with van der Waals surface area (Å²) in [6.45, 7) is 0. The zero-order chi connectivity index (χ0) is 15.7. The largest absolute Gasteiger partial charge is 0.325 e. The van der Waals surface area contributed by atoms with E-state index in [1.54, 1.807) is 42.7 Å². The van der Waals surface area contributed by atoms with Crippen molar-refractivity contribution in [3.05, 3.63) is 59.9 Å². The second-order valence-electron chi connectivity index (χ2n) is 5.53. The highest BCUT2D eigenvalue weighted by Gasteiger charge is 2.51. The Morgan fingerprint density at radius 1 is 1.18 bits per heavy atom. The summed E-state index contributed by atoms with van der Waals surface area (Å²) in [6, 6.07) is 13.1. The van der Waals surface area contributed by atoms with Gasteiger partial charge in [-0.1, -0.05) is 18.2 Å². The van der Waals surface area contributed by atoms with Crippen molar-refractivity contribution in [3.8, 4) is 0 Å². The average molecular weight is 317 g/mol. The van der Waals surface area contributed by atoms with Crippen LogP contribution < -0.4 is 5.32 Å². The maximum absolute atomic E-state index is 13.0. The third-order valence-corrected chi connectivity index (χ3v) is 4.92. The number of hydrogen-bond donors (Lipinski definition) is 1. The molecule has 1 amide bonds. The lowest BCUT2D eigenvalue weighted by Gasteiger charge is -2.16. The first kappa shape index (κ1) is 14.9. The molecule has 0 aliphatic heterocycles. The van der Waals surface area contributed by atoms with Gasteiger partial charge in [0.1, 0.15) is 5.82 Å². The number of amides is 1. The van der Waals surface area contributed by atoms with Crippen molar-refractivity contribution < 1.29 is 13.4 Å². The molecule has 1 saturated carbocycles. The molecule has 0 bridgehead atoms. The van der Waals surface area contributed by atoms with Crippen LogP contribution in [0.25, 0.3) is 0 Å². The number of nitrogens with one attached hydrogen (secondary N) is 1. The molecular weight excluding hydrogens is 301 g/mol. The SMILES string of the molecule is C[S@@](=O)c1cccc(NC(=O)C2(c3ccc(F)cc3)CC2)c1. The van der Waals surface area contributed by atoms with E-state index < -0.39 is 16.2 Å². The standard InChI is InChI=1S/C17H16FNO2S/c1-22(21)15-4-2-3-14(11-15)19-16(20)17(9-10-17)12-5-7-13(18)8-6-12/h2-8,11H,9-10H2,1H3,(H,19,20)/t22-/m1/s1. The predicted molar refractivity (Wildman–Crippen MR) is 84.7 cm³/mol. The van der Waals surface area contributed by atoms with E-state index in [2.05, 4.69) is 5.32 Å². The molecule has 1 aliphatic carbocycles. The number of hydrogen-bond acceptors (Lipinski definition) is 2. The number of rotatable bonds is 4. The van der Waals surface area contributed by atoms with Crippen LogP contribution in [0, 0.1) is 5.82 Å². The lowest BCUT2D eigenvalue weighted by atomic mass is 9.95. The van der Waals surface area contributed by atoms with E-state index in [-0.39, 0.29) is 11.7 Å². The molecule has 0 spiro atoms. The molecule has 0 unspecified atom stereocenters. The predicted octanol–water partition coefficient (Wildman–Crippen LogP) is 3.23. The third kappa shape index (κ3) is 2.81. The minimum Gasteiger partial charge on any atom is -0.325 e. The number of anilines is 1. The lowest BCUT2D eigenvalue weighted by Crippen LogP contribution is -2.27. The fraction of sp³-hybridized carbons (Fsp3) is 0.235. The fourth-order valence-corrected chi connectivity index (χ4v) is 3.11. The third-order valence-electron chi connectivity index (χ3n) is 4.01. The highest BCUT2D eigenvalue weighted by atomic mass is 32.2. The molecule has 0 radical (unpaired) electrons. The van der Waals surface area contributed by atoms with Crippen LogP contribution in [0.15, 0.2) is 53.4 Å². The van der Waals surface area contributed by atoms with Crippen LogP contribution in [0.4, 0.5) is 10.1 Å². The molecule has 5 heteroatoms. The molecule has 114 valence electrons. The summed E-state index contributed by atoms with van der Waals surface area (Å²) >= 11 is 0. The quantitative estimate of drug-likeness (QED) is 0.941. The second-order valence-corrected chi connectivity index (χ2v) is 6.90. The fourth-order valence-electron chi connectivity index (χ4n) is 2.54. The summed E-state index contributed by atoms with van der Waals surface area (Å²) in [5.74, 6) is -0.406. The minimum atomic E-state index is -1.09. The molecule has 0 heterocycles. The highest BCUT2D eigenvalue weighted by Crippen LogP contribution is 2.49. The molecule has 0 saturated heterocycles. The van der Waals surface area contributed by atoms with E-state index in [4.69, 9.17) is 0 Å². The van der Waals surface area contributed by atoms with Crippen molar-refractivity contribution in [2.75, 3.05) is 11.6 Å². The van der Waals surface area contributed by atoms with Gasteiger partial charge in [0, 0.05) is 27.6 Å². The average Bonchev–Trinajstić information content (AvgIpc) is 3.30. The highest BCUT2D eigenvalue weighted by molar-refractivity contribution is 7.84. The van der Waals surface area contributed by atoms with Gasteiger partial charge in [-0.05, 0) is 48.7 Å². The van der Waals surface area contributed by atoms with Gasteiger partial charge in [0.2, 0.25) is 5.91 Å². The zero-order valence-corrected chi connectivity index (χ0v) is 13.0. The van der Waals surface area contributed by atoms with Crippen LogP contribution in [0.2, 0.25) is 0 Å². The van der Waals surface area contributed by atoms with Gasteiger partial charge in [0.25, 0.3) is 0 Å². The van der Waals surface area contributed by atoms with Gasteiger partial charge in [-0.2, -0.15) is 0 Å². The number of halogens is 1. The Bertz CT molecular complexity index is 739. The Balaban J connectivity index is 1.81. The van der Waals surface area contributed by atoms with E-state index in [0.29, 0.717) is 10.6 Å². The molecule has 1 N–H and O–H groups in total. The number of benzene rings is 2. The Labute approximate surface area is 131 Å². The Morgan fingerprint density at radius 3 is 2.45 bits per heavy atom. The lowest BCUT2D eigenvalue weighted by molar-refractivity contribution is -0.118. The van der Waals surface area contributed by atoms with Crippen molar-refractivity contribution in [1.82, 2.24) is 0 Å². The van der Waals surface area contributed by atoms with Gasteiger partial charge < -0.3 is 5.32 Å². The topological polar surface area (TPSA) is 46.2 Å². The minimum absolute atomic E-state index is 0.0989. The Hall–Kier alpha value is -2.01. The monoisotopic (exact) mass is 317 g/mol. The molecule has 1 fully saturated rings. The zero-order valence-electron chi connectivity index (χ0n) is 12.1. The van der Waals surface area contributed by atoms with E-state index in [0.717, 1.165) is 18.4 Å². The molecule has 3 rings (SSSR count). The normalized spacial score (nSPS) is 16.8. The van der Waals surface area contributed by atoms with Crippen molar-refractivity contribution in [2.45, 2.75) is 23.2 Å². The van der Waals surface area contributed by atoms with E-state index >= 15 is 0 Å². The molecule has 0 aromatic heterocycles. The molecule has 22 heavy (non-hydrogen) atoms. The first-order chi connectivity index (χ1) is 10.5. The molecule has 1 atom stereocenters. The van der Waals surface area contributed by atoms with Crippen molar-refractivity contribution >= 4 is 22.4 Å². The molecule has 1 aliphatic rings. The van der Waals surface area contributed by atoms with E-state index in [1.165, 1.54) is 12.1 Å². The van der Waals surface area contributed by atoms with E-state index in [9.17, 15) is 13.4 Å². The summed E-state index contributed by atoms with van der Waals surface area (Å²) in [7, 11) is -1.09. The van der Waals surface area contributed by atoms with Gasteiger partial charge in [-0.15, -0.1) is 0 Å². The molecular formula is C17H16FNO2S. The van der Waals surface area contributed by atoms with Gasteiger partial charge >= 0.3 is 0 Å². The molecule has 2 aromatic carbocycles. The van der Waals surface area contributed by atoms with Crippen LogP contribution in [-0.2, 0) is 21.0 Å².